The maximum Gasteiger partial charge on any atom is 0.325 e. The van der Waals surface area contributed by atoms with Crippen molar-refractivity contribution in [3.8, 4) is 0 Å². The number of esters is 1. The number of nitrogens with one attached hydrogen (secondary N) is 1. The van der Waals surface area contributed by atoms with Crippen molar-refractivity contribution in [2.45, 2.75) is 0 Å². The molecule has 1 aromatic rings. The SMILES string of the molecule is COC(=O)CNc1cc(F)c(Br)cc1[N+](=O)[O-]. The molecule has 0 bridgehead atoms. The van der Waals surface area contributed by atoms with Gasteiger partial charge in [0, 0.05) is 12.1 Å². The van der Waals surface area contributed by atoms with Crippen LogP contribution in [0.2, 0.25) is 0 Å². The third-order valence-electron chi connectivity index (χ3n) is 1.89. The van der Waals surface area contributed by atoms with Gasteiger partial charge in [0.05, 0.1) is 16.5 Å². The number of carbonyl (C=O) groups is 1. The zero-order valence-corrected chi connectivity index (χ0v) is 10.3. The minimum atomic E-state index is -0.677. The van der Waals surface area contributed by atoms with Crippen LogP contribution >= 0.6 is 15.9 Å². The average Bonchev–Trinajstić information content (AvgIpc) is 2.29. The molecule has 0 amide bonds. The van der Waals surface area contributed by atoms with Gasteiger partial charge in [-0.05, 0) is 15.9 Å². The Morgan fingerprint density at radius 3 is 2.82 bits per heavy atom. The summed E-state index contributed by atoms with van der Waals surface area (Å²) in [6, 6.07) is 1.96. The number of anilines is 1. The van der Waals surface area contributed by atoms with Gasteiger partial charge in [0.2, 0.25) is 0 Å². The number of benzene rings is 1. The smallest absolute Gasteiger partial charge is 0.325 e. The van der Waals surface area contributed by atoms with E-state index < -0.39 is 16.7 Å². The van der Waals surface area contributed by atoms with E-state index in [-0.39, 0.29) is 22.4 Å². The Hall–Kier alpha value is -1.70. The van der Waals surface area contributed by atoms with Crippen molar-refractivity contribution >= 4 is 33.3 Å². The molecule has 1 aromatic carbocycles. The molecule has 1 N–H and O–H groups in total. The summed E-state index contributed by atoms with van der Waals surface area (Å²) in [7, 11) is 1.18. The van der Waals surface area contributed by atoms with Crippen molar-refractivity contribution in [1.82, 2.24) is 0 Å². The van der Waals surface area contributed by atoms with Crippen molar-refractivity contribution in [3.63, 3.8) is 0 Å². The second-order valence-electron chi connectivity index (χ2n) is 2.97. The second-order valence-corrected chi connectivity index (χ2v) is 3.82. The molecule has 0 unspecified atom stereocenters. The fraction of sp³-hybridized carbons (Fsp3) is 0.222. The summed E-state index contributed by atoms with van der Waals surface area (Å²) in [4.78, 5) is 20.9. The van der Waals surface area contributed by atoms with Crippen LogP contribution in [0, 0.1) is 15.9 Å². The lowest BCUT2D eigenvalue weighted by Crippen LogP contribution is -2.15. The van der Waals surface area contributed by atoms with Crippen molar-refractivity contribution < 1.29 is 18.8 Å². The summed E-state index contributed by atoms with van der Waals surface area (Å²) < 4.78 is 17.5. The van der Waals surface area contributed by atoms with E-state index in [0.717, 1.165) is 12.1 Å². The summed E-state index contributed by atoms with van der Waals surface area (Å²) in [5.74, 6) is -1.27. The van der Waals surface area contributed by atoms with Crippen LogP contribution in [0.5, 0.6) is 0 Å². The molecular formula is C9H8BrFN2O4. The lowest BCUT2D eigenvalue weighted by atomic mass is 10.2. The number of carbonyl (C=O) groups excluding carboxylic acids is 1. The molecule has 0 atom stereocenters. The first-order chi connectivity index (χ1) is 7.95. The molecule has 0 heterocycles. The monoisotopic (exact) mass is 306 g/mol. The average molecular weight is 307 g/mol. The first-order valence-corrected chi connectivity index (χ1v) is 5.19. The molecule has 0 saturated carbocycles. The second kappa shape index (κ2) is 5.58. The highest BCUT2D eigenvalue weighted by atomic mass is 79.9. The van der Waals surface area contributed by atoms with Crippen LogP contribution in [0.4, 0.5) is 15.8 Å². The van der Waals surface area contributed by atoms with Crippen LogP contribution in [0.15, 0.2) is 16.6 Å². The molecule has 0 radical (unpaired) electrons. The topological polar surface area (TPSA) is 81.5 Å². The van der Waals surface area contributed by atoms with Crippen molar-refractivity contribution in [3.05, 3.63) is 32.5 Å². The van der Waals surface area contributed by atoms with E-state index in [1.807, 2.05) is 0 Å². The van der Waals surface area contributed by atoms with Crippen LogP contribution < -0.4 is 5.32 Å². The number of halogens is 2. The zero-order valence-electron chi connectivity index (χ0n) is 8.70. The predicted molar refractivity (Wildman–Crippen MR) is 61.3 cm³/mol. The molecule has 0 aliphatic carbocycles. The largest absolute Gasteiger partial charge is 0.468 e. The standard InChI is InChI=1S/C9H8BrFN2O4/c1-17-9(14)4-12-7-3-6(11)5(10)2-8(7)13(15)16/h2-3,12H,4H2,1H3. The Balaban J connectivity index is 3.00. The third kappa shape index (κ3) is 3.38. The highest BCUT2D eigenvalue weighted by Crippen LogP contribution is 2.30. The van der Waals surface area contributed by atoms with E-state index in [1.54, 1.807) is 0 Å². The predicted octanol–water partition coefficient (Wildman–Crippen LogP) is 2.08. The molecule has 0 fully saturated rings. The van der Waals surface area contributed by atoms with Crippen LogP contribution in [-0.2, 0) is 9.53 Å². The van der Waals surface area contributed by atoms with E-state index >= 15 is 0 Å². The Morgan fingerprint density at radius 2 is 2.29 bits per heavy atom. The third-order valence-corrected chi connectivity index (χ3v) is 2.49. The van der Waals surface area contributed by atoms with Gasteiger partial charge in [-0.3, -0.25) is 14.9 Å². The van der Waals surface area contributed by atoms with Crippen LogP contribution in [-0.4, -0.2) is 24.5 Å². The number of ether oxygens (including phenoxy) is 1. The van der Waals surface area contributed by atoms with Crippen LogP contribution in [0.25, 0.3) is 0 Å². The quantitative estimate of drug-likeness (QED) is 0.523. The van der Waals surface area contributed by atoms with Gasteiger partial charge in [0.25, 0.3) is 5.69 Å². The molecule has 0 aliphatic rings. The van der Waals surface area contributed by atoms with Crippen molar-refractivity contribution in [1.29, 1.82) is 0 Å². The van der Waals surface area contributed by atoms with Crippen LogP contribution in [0.3, 0.4) is 0 Å². The lowest BCUT2D eigenvalue weighted by Gasteiger charge is -2.06. The highest BCUT2D eigenvalue weighted by molar-refractivity contribution is 9.10. The summed E-state index contributed by atoms with van der Waals surface area (Å²) in [5.41, 5.74) is -0.414. The van der Waals surface area contributed by atoms with Gasteiger partial charge in [-0.1, -0.05) is 0 Å². The normalized spacial score (nSPS) is 9.82. The fourth-order valence-corrected chi connectivity index (χ4v) is 1.40. The number of rotatable bonds is 4. The minimum Gasteiger partial charge on any atom is -0.468 e. The molecule has 0 aliphatic heterocycles. The number of nitrogens with zero attached hydrogens (tertiary/aromatic N) is 1. The summed E-state index contributed by atoms with van der Waals surface area (Å²) >= 11 is 2.84. The summed E-state index contributed by atoms with van der Waals surface area (Å²) in [5, 5.41) is 13.1. The number of nitro groups is 1. The zero-order chi connectivity index (χ0) is 13.0. The van der Waals surface area contributed by atoms with Crippen molar-refractivity contribution in [2.75, 3.05) is 19.0 Å². The van der Waals surface area contributed by atoms with Gasteiger partial charge in [-0.2, -0.15) is 0 Å². The molecule has 8 heteroatoms. The van der Waals surface area contributed by atoms with Gasteiger partial charge in [0.15, 0.2) is 0 Å². The molecule has 0 spiro atoms. The number of hydrogen-bond acceptors (Lipinski definition) is 5. The first kappa shape index (κ1) is 13.4. The molecule has 0 saturated heterocycles. The van der Waals surface area contributed by atoms with Gasteiger partial charge in [0.1, 0.15) is 18.0 Å². The fourth-order valence-electron chi connectivity index (χ4n) is 1.07. The number of methoxy groups -OCH3 is 1. The Kier molecular flexibility index (Phi) is 4.38. The molecule has 0 aromatic heterocycles. The number of hydrogen-bond donors (Lipinski definition) is 1. The molecule has 92 valence electrons. The Labute approximate surface area is 104 Å². The molecular weight excluding hydrogens is 299 g/mol. The van der Waals surface area contributed by atoms with E-state index in [1.165, 1.54) is 7.11 Å². The van der Waals surface area contributed by atoms with Gasteiger partial charge in [-0.25, -0.2) is 4.39 Å². The van der Waals surface area contributed by atoms with Gasteiger partial charge < -0.3 is 10.1 Å². The van der Waals surface area contributed by atoms with Gasteiger partial charge in [-0.15, -0.1) is 0 Å². The lowest BCUT2D eigenvalue weighted by molar-refractivity contribution is -0.384. The van der Waals surface area contributed by atoms with E-state index in [2.05, 4.69) is 26.0 Å². The summed E-state index contributed by atoms with van der Waals surface area (Å²) in [6.45, 7) is -0.279. The minimum absolute atomic E-state index is 0.0205. The maximum absolute atomic E-state index is 13.2. The van der Waals surface area contributed by atoms with E-state index in [9.17, 15) is 19.3 Å². The summed E-state index contributed by atoms with van der Waals surface area (Å²) in [6.07, 6.45) is 0. The number of nitro benzene ring substituents is 1. The molecule has 6 nitrogen and oxygen atoms in total. The van der Waals surface area contributed by atoms with E-state index in [4.69, 9.17) is 0 Å². The Morgan fingerprint density at radius 1 is 1.65 bits per heavy atom. The van der Waals surface area contributed by atoms with E-state index in [0.29, 0.717) is 0 Å². The molecule has 1 rings (SSSR count). The Bertz CT molecular complexity index is 467. The van der Waals surface area contributed by atoms with Crippen molar-refractivity contribution in [2.24, 2.45) is 0 Å². The van der Waals surface area contributed by atoms with Gasteiger partial charge >= 0.3 is 5.97 Å². The van der Waals surface area contributed by atoms with Crippen LogP contribution in [0.1, 0.15) is 0 Å². The maximum atomic E-state index is 13.2. The highest BCUT2D eigenvalue weighted by Gasteiger charge is 2.18. The molecule has 17 heavy (non-hydrogen) atoms. The first-order valence-electron chi connectivity index (χ1n) is 4.40.